The van der Waals surface area contributed by atoms with Crippen LogP contribution in [0.25, 0.3) is 0 Å². The summed E-state index contributed by atoms with van der Waals surface area (Å²) in [6.45, 7) is 5.67. The number of para-hydroxylation sites is 2. The molecule has 0 bridgehead atoms. The molecule has 2 aliphatic heterocycles. The van der Waals surface area contributed by atoms with Gasteiger partial charge in [0.15, 0.2) is 0 Å². The number of amides is 2. The maximum absolute atomic E-state index is 14.8. The zero-order chi connectivity index (χ0) is 36.8. The standard InChI is InChI=1S/C36H38F6N4O5/c1-3-7-31-34(51-26-12-10-25(11-13-26)35(37,38)39,15-6-17-46(31)32(47)27-24-43-16-14-28(27)36(40,41)42)33(48)45-20-18-44(19-21-45)29-8-4-5-9-30(29)50-23-22-49-2/h3-5,8-14,16,24,31H,1,6-7,15,17-23H2,2H3/t31?,34-/m0/s1. The molecule has 0 saturated carbocycles. The maximum Gasteiger partial charge on any atom is 0.417 e. The Kier molecular flexibility index (Phi) is 11.5. The fraction of sp³-hybridized carbons (Fsp3) is 0.417. The monoisotopic (exact) mass is 720 g/mol. The van der Waals surface area contributed by atoms with Gasteiger partial charge in [0.05, 0.1) is 35.0 Å². The number of pyridine rings is 1. The van der Waals surface area contributed by atoms with Gasteiger partial charge >= 0.3 is 12.4 Å². The normalized spacial score (nSPS) is 19.8. The van der Waals surface area contributed by atoms with Crippen LogP contribution in [0.3, 0.4) is 0 Å². The topological polar surface area (TPSA) is 84.4 Å². The van der Waals surface area contributed by atoms with Gasteiger partial charge in [0.2, 0.25) is 5.60 Å². The lowest BCUT2D eigenvalue weighted by molar-refractivity contribution is -0.159. The first-order chi connectivity index (χ1) is 24.3. The number of hydrogen-bond donors (Lipinski definition) is 0. The van der Waals surface area contributed by atoms with E-state index in [1.54, 1.807) is 12.0 Å². The molecule has 2 atom stereocenters. The lowest BCUT2D eigenvalue weighted by atomic mass is 9.80. The van der Waals surface area contributed by atoms with Crippen LogP contribution >= 0.6 is 0 Å². The quantitative estimate of drug-likeness (QED) is 0.127. The second-order valence-corrected chi connectivity index (χ2v) is 12.2. The number of piperazine rings is 1. The highest BCUT2D eigenvalue weighted by Gasteiger charge is 2.56. The van der Waals surface area contributed by atoms with E-state index in [0.29, 0.717) is 38.1 Å². The van der Waals surface area contributed by atoms with E-state index in [4.69, 9.17) is 14.2 Å². The summed E-state index contributed by atoms with van der Waals surface area (Å²) in [7, 11) is 1.57. The number of carbonyl (C=O) groups excluding carboxylic acids is 2. The molecule has 2 saturated heterocycles. The molecule has 2 aromatic carbocycles. The lowest BCUT2D eigenvalue weighted by Crippen LogP contribution is -2.69. The van der Waals surface area contributed by atoms with Gasteiger partial charge in [-0.25, -0.2) is 0 Å². The molecule has 0 aliphatic carbocycles. The number of likely N-dealkylation sites (tertiary alicyclic amines) is 1. The Morgan fingerprint density at radius 2 is 1.65 bits per heavy atom. The minimum atomic E-state index is -4.87. The molecule has 15 heteroatoms. The number of alkyl halides is 6. The van der Waals surface area contributed by atoms with E-state index in [0.717, 1.165) is 42.3 Å². The fourth-order valence-corrected chi connectivity index (χ4v) is 6.60. The molecule has 0 spiro atoms. The molecule has 9 nitrogen and oxygen atoms in total. The van der Waals surface area contributed by atoms with Crippen LogP contribution in [0, 0.1) is 0 Å². The second-order valence-electron chi connectivity index (χ2n) is 12.2. The molecule has 2 fully saturated rings. The summed E-state index contributed by atoms with van der Waals surface area (Å²) in [6, 6.07) is 10.8. The van der Waals surface area contributed by atoms with Gasteiger partial charge in [-0.3, -0.25) is 14.6 Å². The summed E-state index contributed by atoms with van der Waals surface area (Å²) in [5.41, 5.74) is -3.89. The molecule has 2 aliphatic rings. The molecule has 3 heterocycles. The van der Waals surface area contributed by atoms with Crippen molar-refractivity contribution in [3.8, 4) is 11.5 Å². The van der Waals surface area contributed by atoms with Crippen molar-refractivity contribution in [3.05, 3.63) is 96.3 Å². The first kappa shape index (κ1) is 37.5. The zero-order valence-electron chi connectivity index (χ0n) is 27.9. The minimum absolute atomic E-state index is 0.0113. The number of rotatable bonds is 11. The Balaban J connectivity index is 1.49. The van der Waals surface area contributed by atoms with Crippen LogP contribution in [0.15, 0.2) is 79.6 Å². The van der Waals surface area contributed by atoms with E-state index in [1.807, 2.05) is 29.2 Å². The van der Waals surface area contributed by atoms with E-state index in [-0.39, 0.29) is 44.6 Å². The molecule has 1 aromatic heterocycles. The number of halogens is 6. The van der Waals surface area contributed by atoms with E-state index < -0.39 is 52.5 Å². The third-order valence-electron chi connectivity index (χ3n) is 9.03. The van der Waals surface area contributed by atoms with Gasteiger partial charge in [-0.1, -0.05) is 18.2 Å². The van der Waals surface area contributed by atoms with Gasteiger partial charge in [-0.2, -0.15) is 26.3 Å². The van der Waals surface area contributed by atoms with E-state index in [1.165, 1.54) is 11.0 Å². The highest BCUT2D eigenvalue weighted by Crippen LogP contribution is 2.40. The number of anilines is 1. The predicted molar refractivity (Wildman–Crippen MR) is 176 cm³/mol. The minimum Gasteiger partial charge on any atom is -0.489 e. The van der Waals surface area contributed by atoms with Crippen LogP contribution in [-0.2, 0) is 21.9 Å². The molecule has 0 N–H and O–H groups in total. The van der Waals surface area contributed by atoms with Crippen molar-refractivity contribution in [1.29, 1.82) is 0 Å². The largest absolute Gasteiger partial charge is 0.489 e. The molecule has 51 heavy (non-hydrogen) atoms. The van der Waals surface area contributed by atoms with E-state index in [2.05, 4.69) is 11.6 Å². The lowest BCUT2D eigenvalue weighted by Gasteiger charge is -2.50. The molecule has 5 rings (SSSR count). The van der Waals surface area contributed by atoms with Crippen molar-refractivity contribution < 1.29 is 50.1 Å². The maximum atomic E-state index is 14.8. The zero-order valence-corrected chi connectivity index (χ0v) is 27.9. The van der Waals surface area contributed by atoms with Gasteiger partial charge in [-0.05, 0) is 55.3 Å². The van der Waals surface area contributed by atoms with Crippen LogP contribution in [0.1, 0.15) is 40.7 Å². The SMILES string of the molecule is C=CCC1N(C(=O)c2cnccc2C(F)(F)F)CCC[C@@]1(Oc1ccc(C(F)(F)F)cc1)C(=O)N1CCN(c2ccccc2OCCOC)CC1. The summed E-state index contributed by atoms with van der Waals surface area (Å²) in [4.78, 5) is 37.3. The number of aromatic nitrogens is 1. The van der Waals surface area contributed by atoms with Gasteiger partial charge in [0, 0.05) is 58.6 Å². The Morgan fingerprint density at radius 1 is 0.941 bits per heavy atom. The van der Waals surface area contributed by atoms with Gasteiger partial charge in [-0.15, -0.1) is 6.58 Å². The van der Waals surface area contributed by atoms with Crippen LogP contribution < -0.4 is 14.4 Å². The summed E-state index contributed by atoms with van der Waals surface area (Å²) in [6.07, 6.45) is -6.17. The van der Waals surface area contributed by atoms with Gasteiger partial charge in [0.1, 0.15) is 18.1 Å². The number of nitrogens with zero attached hydrogens (tertiary/aromatic N) is 4. The predicted octanol–water partition coefficient (Wildman–Crippen LogP) is 6.49. The number of carbonyl (C=O) groups is 2. The number of benzene rings is 2. The molecule has 0 radical (unpaired) electrons. The number of methoxy groups -OCH3 is 1. The van der Waals surface area contributed by atoms with Crippen molar-refractivity contribution in [1.82, 2.24) is 14.8 Å². The molecule has 2 amide bonds. The molecule has 274 valence electrons. The Labute approximate surface area is 291 Å². The second kappa shape index (κ2) is 15.6. The smallest absolute Gasteiger partial charge is 0.417 e. The third kappa shape index (κ3) is 8.24. The fourth-order valence-electron chi connectivity index (χ4n) is 6.60. The van der Waals surface area contributed by atoms with Crippen molar-refractivity contribution in [2.24, 2.45) is 0 Å². The summed E-state index contributed by atoms with van der Waals surface area (Å²) in [5.74, 6) is -0.987. The van der Waals surface area contributed by atoms with E-state index in [9.17, 15) is 35.9 Å². The first-order valence-corrected chi connectivity index (χ1v) is 16.3. The van der Waals surface area contributed by atoms with Crippen molar-refractivity contribution in [2.75, 3.05) is 57.9 Å². The average molecular weight is 721 g/mol. The highest BCUT2D eigenvalue weighted by atomic mass is 19.4. The van der Waals surface area contributed by atoms with Crippen LogP contribution in [0.5, 0.6) is 11.5 Å². The summed E-state index contributed by atoms with van der Waals surface area (Å²) in [5, 5.41) is 0. The third-order valence-corrected chi connectivity index (χ3v) is 9.03. The van der Waals surface area contributed by atoms with Crippen molar-refractivity contribution in [3.63, 3.8) is 0 Å². The summed E-state index contributed by atoms with van der Waals surface area (Å²) < 4.78 is 99.6. The molecular formula is C36H38F6N4O5. The van der Waals surface area contributed by atoms with Gasteiger partial charge in [0.25, 0.3) is 11.8 Å². The molecular weight excluding hydrogens is 682 g/mol. The van der Waals surface area contributed by atoms with Gasteiger partial charge < -0.3 is 28.9 Å². The van der Waals surface area contributed by atoms with E-state index >= 15 is 0 Å². The van der Waals surface area contributed by atoms with Crippen molar-refractivity contribution >= 4 is 17.5 Å². The average Bonchev–Trinajstić information content (AvgIpc) is 3.12. The molecule has 1 unspecified atom stereocenters. The van der Waals surface area contributed by atoms with Crippen LogP contribution in [0.4, 0.5) is 32.0 Å². The Bertz CT molecular complexity index is 1680. The Hall–Kier alpha value is -4.79. The van der Waals surface area contributed by atoms with Crippen LogP contribution in [-0.4, -0.2) is 91.3 Å². The van der Waals surface area contributed by atoms with Crippen LogP contribution in [0.2, 0.25) is 0 Å². The van der Waals surface area contributed by atoms with Crippen molar-refractivity contribution in [2.45, 2.75) is 43.3 Å². The first-order valence-electron chi connectivity index (χ1n) is 16.3. The highest BCUT2D eigenvalue weighted by molar-refractivity contribution is 5.97. The number of ether oxygens (including phenoxy) is 3. The number of hydrogen-bond acceptors (Lipinski definition) is 7. The number of piperidine rings is 1. The Morgan fingerprint density at radius 3 is 2.29 bits per heavy atom. The molecule has 3 aromatic rings. The summed E-state index contributed by atoms with van der Waals surface area (Å²) >= 11 is 0.